The maximum Gasteiger partial charge on any atom is 0.159 e. The first-order valence-electron chi connectivity index (χ1n) is 13.1. The molecule has 0 radical (unpaired) electrons. The van der Waals surface area contributed by atoms with Crippen molar-refractivity contribution in [2.45, 2.75) is 124 Å². The molecule has 0 bridgehead atoms. The monoisotopic (exact) mass is 424 g/mol. The second-order valence-corrected chi connectivity index (χ2v) is 8.92. The third-order valence-electron chi connectivity index (χ3n) is 5.79. The van der Waals surface area contributed by atoms with Crippen molar-refractivity contribution in [2.24, 2.45) is 0 Å². The van der Waals surface area contributed by atoms with Gasteiger partial charge < -0.3 is 0 Å². The fraction of sp³-hybridized carbons (Fsp3) is 0.655. The molecule has 0 fully saturated rings. The summed E-state index contributed by atoms with van der Waals surface area (Å²) in [5.41, 5.74) is 3.60. The molecule has 1 aromatic heterocycles. The van der Waals surface area contributed by atoms with E-state index in [4.69, 9.17) is 0 Å². The standard InChI is InChI=1S/C19H26N2.C10H22/c1-3-4-5-6-7-8-9-17-14-20-19(21-15-17)18-12-10-16(2)11-13-18;1-3-5-7-9-10-8-6-4-2/h10-15H,3-9H2,1-2H3;3-10H2,1-2H3. The lowest BCUT2D eigenvalue weighted by Gasteiger charge is -2.04. The van der Waals surface area contributed by atoms with Crippen LogP contribution in [0.2, 0.25) is 0 Å². The topological polar surface area (TPSA) is 25.8 Å². The molecule has 2 rings (SSSR count). The lowest BCUT2D eigenvalue weighted by molar-refractivity contribution is 0.585. The van der Waals surface area contributed by atoms with Crippen LogP contribution in [-0.2, 0) is 6.42 Å². The molecule has 0 aliphatic carbocycles. The van der Waals surface area contributed by atoms with Crippen molar-refractivity contribution in [3.8, 4) is 11.4 Å². The van der Waals surface area contributed by atoms with Gasteiger partial charge in [-0.15, -0.1) is 0 Å². The van der Waals surface area contributed by atoms with Crippen molar-refractivity contribution in [3.63, 3.8) is 0 Å². The van der Waals surface area contributed by atoms with Gasteiger partial charge in [-0.2, -0.15) is 0 Å². The third-order valence-corrected chi connectivity index (χ3v) is 5.79. The van der Waals surface area contributed by atoms with Gasteiger partial charge >= 0.3 is 0 Å². The summed E-state index contributed by atoms with van der Waals surface area (Å²) >= 11 is 0. The van der Waals surface area contributed by atoms with E-state index < -0.39 is 0 Å². The lowest BCUT2D eigenvalue weighted by atomic mass is 10.1. The van der Waals surface area contributed by atoms with Crippen LogP contribution in [0.15, 0.2) is 36.7 Å². The highest BCUT2D eigenvalue weighted by atomic mass is 14.9. The van der Waals surface area contributed by atoms with E-state index in [1.165, 1.54) is 101 Å². The minimum atomic E-state index is 0.821. The normalized spacial score (nSPS) is 10.6. The Balaban J connectivity index is 0.000000407. The summed E-state index contributed by atoms with van der Waals surface area (Å²) < 4.78 is 0. The second kappa shape index (κ2) is 19.0. The van der Waals surface area contributed by atoms with E-state index in [1.54, 1.807) is 0 Å². The van der Waals surface area contributed by atoms with Gasteiger partial charge in [0.1, 0.15) is 0 Å². The lowest BCUT2D eigenvalue weighted by Crippen LogP contribution is -1.93. The van der Waals surface area contributed by atoms with Crippen molar-refractivity contribution < 1.29 is 0 Å². The molecule has 1 aromatic carbocycles. The van der Waals surface area contributed by atoms with E-state index in [0.717, 1.165) is 17.8 Å². The molecule has 0 saturated carbocycles. The van der Waals surface area contributed by atoms with Crippen LogP contribution >= 0.6 is 0 Å². The number of aryl methyl sites for hydroxylation is 2. The average molecular weight is 425 g/mol. The number of rotatable bonds is 15. The summed E-state index contributed by atoms with van der Waals surface area (Å²) in [6.45, 7) is 8.89. The van der Waals surface area contributed by atoms with E-state index in [1.807, 2.05) is 12.4 Å². The smallest absolute Gasteiger partial charge is 0.159 e. The Morgan fingerprint density at radius 1 is 0.548 bits per heavy atom. The van der Waals surface area contributed by atoms with E-state index in [2.05, 4.69) is 61.9 Å². The summed E-state index contributed by atoms with van der Waals surface area (Å²) in [5, 5.41) is 0. The first-order valence-corrected chi connectivity index (χ1v) is 13.1. The highest BCUT2D eigenvalue weighted by molar-refractivity contribution is 5.54. The quantitative estimate of drug-likeness (QED) is 0.266. The van der Waals surface area contributed by atoms with Gasteiger partial charge in [0, 0.05) is 18.0 Å². The zero-order valence-electron chi connectivity index (χ0n) is 21.0. The SMILES string of the molecule is CCCCCCCCCC.CCCCCCCCc1cnc(-c2ccc(C)cc2)nc1. The van der Waals surface area contributed by atoms with Crippen LogP contribution in [0.5, 0.6) is 0 Å². The van der Waals surface area contributed by atoms with Crippen molar-refractivity contribution in [3.05, 3.63) is 47.8 Å². The minimum Gasteiger partial charge on any atom is -0.236 e. The molecule has 2 nitrogen and oxygen atoms in total. The molecule has 1 heterocycles. The van der Waals surface area contributed by atoms with Crippen LogP contribution < -0.4 is 0 Å². The Morgan fingerprint density at radius 2 is 0.968 bits per heavy atom. The summed E-state index contributed by atoms with van der Waals surface area (Å²) in [7, 11) is 0. The molecule has 0 unspecified atom stereocenters. The molecule has 0 saturated heterocycles. The molecule has 2 aromatic rings. The van der Waals surface area contributed by atoms with Gasteiger partial charge in [0.2, 0.25) is 0 Å². The molecule has 2 heteroatoms. The summed E-state index contributed by atoms with van der Waals surface area (Å²) in [4.78, 5) is 8.99. The van der Waals surface area contributed by atoms with Crippen molar-refractivity contribution in [1.29, 1.82) is 0 Å². The molecule has 0 aliphatic heterocycles. The average Bonchev–Trinajstić information content (AvgIpc) is 2.80. The Morgan fingerprint density at radius 3 is 1.42 bits per heavy atom. The Kier molecular flexibility index (Phi) is 16.8. The van der Waals surface area contributed by atoms with Crippen molar-refractivity contribution in [2.75, 3.05) is 0 Å². The number of nitrogens with zero attached hydrogens (tertiary/aromatic N) is 2. The number of hydrogen-bond acceptors (Lipinski definition) is 2. The zero-order chi connectivity index (χ0) is 22.6. The Labute approximate surface area is 193 Å². The van der Waals surface area contributed by atoms with Crippen LogP contribution in [0.25, 0.3) is 11.4 Å². The summed E-state index contributed by atoms with van der Waals surface area (Å²) in [6, 6.07) is 8.36. The first kappa shape index (κ1) is 27.3. The van der Waals surface area contributed by atoms with E-state index >= 15 is 0 Å². The van der Waals surface area contributed by atoms with E-state index in [9.17, 15) is 0 Å². The molecule has 0 N–H and O–H groups in total. The van der Waals surface area contributed by atoms with Gasteiger partial charge in [-0.25, -0.2) is 9.97 Å². The highest BCUT2D eigenvalue weighted by Gasteiger charge is 2.01. The largest absolute Gasteiger partial charge is 0.236 e. The van der Waals surface area contributed by atoms with Gasteiger partial charge in [0.25, 0.3) is 0 Å². The molecular weight excluding hydrogens is 376 g/mol. The molecule has 0 amide bonds. The Hall–Kier alpha value is -1.70. The van der Waals surface area contributed by atoms with Crippen LogP contribution in [0, 0.1) is 6.92 Å². The van der Waals surface area contributed by atoms with Crippen LogP contribution in [0.3, 0.4) is 0 Å². The number of benzene rings is 1. The van der Waals surface area contributed by atoms with Gasteiger partial charge in [-0.1, -0.05) is 134 Å². The molecule has 0 atom stereocenters. The molecule has 0 spiro atoms. The molecule has 31 heavy (non-hydrogen) atoms. The third kappa shape index (κ3) is 14.1. The fourth-order valence-corrected chi connectivity index (χ4v) is 3.65. The maximum absolute atomic E-state index is 4.50. The van der Waals surface area contributed by atoms with Gasteiger partial charge in [-0.3, -0.25) is 0 Å². The molecular formula is C29H48N2. The van der Waals surface area contributed by atoms with E-state index in [0.29, 0.717) is 0 Å². The van der Waals surface area contributed by atoms with Crippen LogP contribution in [0.4, 0.5) is 0 Å². The van der Waals surface area contributed by atoms with Crippen LogP contribution in [0.1, 0.15) is 122 Å². The highest BCUT2D eigenvalue weighted by Crippen LogP contribution is 2.16. The van der Waals surface area contributed by atoms with Crippen molar-refractivity contribution >= 4 is 0 Å². The van der Waals surface area contributed by atoms with Crippen molar-refractivity contribution in [1.82, 2.24) is 9.97 Å². The molecule has 174 valence electrons. The van der Waals surface area contributed by atoms with Gasteiger partial charge in [-0.05, 0) is 25.3 Å². The first-order chi connectivity index (χ1) is 15.2. The molecule has 0 aliphatic rings. The van der Waals surface area contributed by atoms with Gasteiger partial charge in [0.05, 0.1) is 0 Å². The predicted octanol–water partition coefficient (Wildman–Crippen LogP) is 9.50. The minimum absolute atomic E-state index is 0.821. The Bertz CT molecular complexity index is 623. The van der Waals surface area contributed by atoms with Crippen LogP contribution in [-0.4, -0.2) is 9.97 Å². The number of aromatic nitrogens is 2. The zero-order valence-corrected chi connectivity index (χ0v) is 21.0. The number of hydrogen-bond donors (Lipinski definition) is 0. The predicted molar refractivity (Wildman–Crippen MR) is 138 cm³/mol. The second-order valence-electron chi connectivity index (χ2n) is 8.92. The summed E-state index contributed by atoms with van der Waals surface area (Å²) in [5.74, 6) is 0.821. The fourth-order valence-electron chi connectivity index (χ4n) is 3.65. The summed E-state index contributed by atoms with van der Waals surface area (Å²) in [6.07, 6.45) is 24.5. The van der Waals surface area contributed by atoms with Gasteiger partial charge in [0.15, 0.2) is 5.82 Å². The van der Waals surface area contributed by atoms with E-state index in [-0.39, 0.29) is 0 Å². The maximum atomic E-state index is 4.50. The number of unbranched alkanes of at least 4 members (excludes halogenated alkanes) is 12.